The first kappa shape index (κ1) is 22.8. The van der Waals surface area contributed by atoms with Crippen molar-refractivity contribution in [2.24, 2.45) is 0 Å². The molecule has 0 spiro atoms. The molecule has 3 aromatic rings. The number of aryl methyl sites for hydroxylation is 1. The second kappa shape index (κ2) is 10.1. The van der Waals surface area contributed by atoms with E-state index in [1.54, 1.807) is 29.5 Å². The number of hydrogen-bond donors (Lipinski definition) is 1. The molecule has 4 rings (SSSR count). The fraction of sp³-hybridized carbons (Fsp3) is 0.348. The van der Waals surface area contributed by atoms with Gasteiger partial charge < -0.3 is 14.8 Å². The van der Waals surface area contributed by atoms with E-state index in [2.05, 4.69) is 21.9 Å². The third-order valence-electron chi connectivity index (χ3n) is 5.51. The molecule has 0 bridgehead atoms. The van der Waals surface area contributed by atoms with Gasteiger partial charge in [0.15, 0.2) is 0 Å². The van der Waals surface area contributed by atoms with Crippen LogP contribution in [0.4, 0.5) is 13.8 Å². The van der Waals surface area contributed by atoms with Gasteiger partial charge in [-0.15, -0.1) is 22.7 Å². The van der Waals surface area contributed by atoms with Gasteiger partial charge in [-0.1, -0.05) is 18.2 Å². The van der Waals surface area contributed by atoms with Crippen LogP contribution in [-0.2, 0) is 4.74 Å². The highest BCUT2D eigenvalue weighted by atomic mass is 32.1. The van der Waals surface area contributed by atoms with Crippen LogP contribution in [0.25, 0.3) is 0 Å². The minimum Gasteiger partial charge on any atom is -0.435 e. The molecule has 0 radical (unpaired) electrons. The van der Waals surface area contributed by atoms with E-state index in [-0.39, 0.29) is 17.7 Å². The molecule has 9 heteroatoms. The summed E-state index contributed by atoms with van der Waals surface area (Å²) in [5.74, 6) is -0.0159. The van der Waals surface area contributed by atoms with Gasteiger partial charge in [-0.25, -0.2) is 0 Å². The van der Waals surface area contributed by atoms with Gasteiger partial charge in [-0.3, -0.25) is 9.69 Å². The topological polar surface area (TPSA) is 50.8 Å². The number of amides is 1. The molecule has 3 heterocycles. The number of ether oxygens (including phenoxy) is 2. The molecule has 32 heavy (non-hydrogen) atoms. The summed E-state index contributed by atoms with van der Waals surface area (Å²) in [5, 5.41) is 5.79. The predicted molar refractivity (Wildman–Crippen MR) is 123 cm³/mol. The number of nitrogens with one attached hydrogen (secondary N) is 1. The molecule has 1 aliphatic heterocycles. The Morgan fingerprint density at radius 3 is 2.50 bits per heavy atom. The molecule has 2 aromatic heterocycles. The molecule has 5 nitrogen and oxygen atoms in total. The lowest BCUT2D eigenvalue weighted by Gasteiger charge is -2.35. The number of nitrogens with zero attached hydrogens (tertiary/aromatic N) is 1. The van der Waals surface area contributed by atoms with Gasteiger partial charge in [0.1, 0.15) is 10.8 Å². The lowest BCUT2D eigenvalue weighted by atomic mass is 9.94. The molecule has 1 unspecified atom stereocenters. The number of rotatable bonds is 7. The second-order valence-electron chi connectivity index (χ2n) is 7.46. The average Bonchev–Trinajstić information content (AvgIpc) is 3.40. The van der Waals surface area contributed by atoms with Gasteiger partial charge in [-0.2, -0.15) is 8.78 Å². The second-order valence-corrected chi connectivity index (χ2v) is 9.63. The highest BCUT2D eigenvalue weighted by molar-refractivity contribution is 7.17. The Bertz CT molecular complexity index is 1050. The molecule has 1 amide bonds. The predicted octanol–water partition coefficient (Wildman–Crippen LogP) is 5.70. The van der Waals surface area contributed by atoms with E-state index in [4.69, 9.17) is 4.74 Å². The molecule has 1 fully saturated rings. The lowest BCUT2D eigenvalue weighted by molar-refractivity contribution is -0.0498. The molecule has 170 valence electrons. The summed E-state index contributed by atoms with van der Waals surface area (Å²) in [6.07, 6.45) is 0. The van der Waals surface area contributed by atoms with E-state index in [0.29, 0.717) is 18.1 Å². The first-order valence-electron chi connectivity index (χ1n) is 10.3. The van der Waals surface area contributed by atoms with Gasteiger partial charge in [0.05, 0.1) is 24.1 Å². The molecule has 1 saturated heterocycles. The van der Waals surface area contributed by atoms with Crippen molar-refractivity contribution < 1.29 is 23.0 Å². The summed E-state index contributed by atoms with van der Waals surface area (Å²) in [6.45, 7) is 3.92. The monoisotopic (exact) mass is 478 g/mol. The SMILES string of the molecule is Cc1sc(NC(=O)c2cccs2)c(C(c2ccc(OC(F)F)cc2)N2CCOCC2)c1C. The highest BCUT2D eigenvalue weighted by Gasteiger charge is 2.30. The summed E-state index contributed by atoms with van der Waals surface area (Å²) >= 11 is 2.95. The Labute approximate surface area is 193 Å². The van der Waals surface area contributed by atoms with Gasteiger partial charge >= 0.3 is 6.61 Å². The van der Waals surface area contributed by atoms with Crippen molar-refractivity contribution in [2.45, 2.75) is 26.5 Å². The van der Waals surface area contributed by atoms with Crippen molar-refractivity contribution in [3.05, 3.63) is 68.2 Å². The molecular weight excluding hydrogens is 454 g/mol. The van der Waals surface area contributed by atoms with E-state index in [0.717, 1.165) is 39.7 Å². The number of thiophene rings is 2. The number of alkyl halides is 2. The molecule has 1 N–H and O–H groups in total. The number of carbonyl (C=O) groups is 1. The number of benzene rings is 1. The van der Waals surface area contributed by atoms with Gasteiger partial charge in [-0.05, 0) is 48.6 Å². The van der Waals surface area contributed by atoms with E-state index in [1.165, 1.54) is 11.3 Å². The van der Waals surface area contributed by atoms with Crippen molar-refractivity contribution in [1.82, 2.24) is 4.90 Å². The third-order valence-corrected chi connectivity index (χ3v) is 7.52. The minimum absolute atomic E-state index is 0.119. The van der Waals surface area contributed by atoms with E-state index in [1.807, 2.05) is 30.5 Å². The molecular formula is C23H24F2N2O3S2. The summed E-state index contributed by atoms with van der Waals surface area (Å²) in [7, 11) is 0. The van der Waals surface area contributed by atoms with Crippen molar-refractivity contribution >= 4 is 33.6 Å². The number of anilines is 1. The van der Waals surface area contributed by atoms with Crippen LogP contribution in [0.3, 0.4) is 0 Å². The highest BCUT2D eigenvalue weighted by Crippen LogP contribution is 2.43. The Morgan fingerprint density at radius 2 is 1.88 bits per heavy atom. The number of morpholine rings is 1. The first-order chi connectivity index (χ1) is 15.4. The summed E-state index contributed by atoms with van der Waals surface area (Å²) in [4.78, 5) is 16.9. The van der Waals surface area contributed by atoms with Crippen LogP contribution >= 0.6 is 22.7 Å². The fourth-order valence-corrected chi connectivity index (χ4v) is 5.57. The zero-order valence-electron chi connectivity index (χ0n) is 17.8. The van der Waals surface area contributed by atoms with Crippen LogP contribution in [-0.4, -0.2) is 43.7 Å². The Hall–Kier alpha value is -2.33. The molecule has 1 aliphatic rings. The van der Waals surface area contributed by atoms with Crippen LogP contribution in [0.15, 0.2) is 41.8 Å². The van der Waals surface area contributed by atoms with Gasteiger partial charge in [0.25, 0.3) is 5.91 Å². The molecule has 1 aromatic carbocycles. The summed E-state index contributed by atoms with van der Waals surface area (Å²) in [5.41, 5.74) is 3.09. The van der Waals surface area contributed by atoms with Crippen LogP contribution in [0.2, 0.25) is 0 Å². The lowest BCUT2D eigenvalue weighted by Crippen LogP contribution is -2.39. The first-order valence-corrected chi connectivity index (χ1v) is 11.9. The molecule has 1 atom stereocenters. The van der Waals surface area contributed by atoms with Crippen LogP contribution in [0.1, 0.15) is 37.3 Å². The maximum Gasteiger partial charge on any atom is 0.387 e. The molecule has 0 aliphatic carbocycles. The zero-order chi connectivity index (χ0) is 22.7. The van der Waals surface area contributed by atoms with E-state index < -0.39 is 6.61 Å². The largest absolute Gasteiger partial charge is 0.435 e. The average molecular weight is 479 g/mol. The van der Waals surface area contributed by atoms with Crippen molar-refractivity contribution in [3.63, 3.8) is 0 Å². The van der Waals surface area contributed by atoms with E-state index >= 15 is 0 Å². The summed E-state index contributed by atoms with van der Waals surface area (Å²) < 4.78 is 35.3. The number of halogens is 2. The summed E-state index contributed by atoms with van der Waals surface area (Å²) in [6, 6.07) is 10.3. The van der Waals surface area contributed by atoms with Crippen LogP contribution < -0.4 is 10.1 Å². The zero-order valence-corrected chi connectivity index (χ0v) is 19.4. The number of carbonyl (C=O) groups excluding carboxylic acids is 1. The van der Waals surface area contributed by atoms with Crippen molar-refractivity contribution in [1.29, 1.82) is 0 Å². The van der Waals surface area contributed by atoms with E-state index in [9.17, 15) is 13.6 Å². The Kier molecular flexibility index (Phi) is 7.20. The van der Waals surface area contributed by atoms with Gasteiger partial charge in [0, 0.05) is 23.5 Å². The quantitative estimate of drug-likeness (QED) is 0.473. The maximum atomic E-state index is 12.8. The standard InChI is InChI=1S/C23H24F2N2O3S2/c1-14-15(2)32-22(26-21(28)18-4-3-13-31-18)19(14)20(27-9-11-29-12-10-27)16-5-7-17(8-6-16)30-23(24)25/h3-8,13,20,23H,9-12H2,1-2H3,(H,26,28). The normalized spacial score (nSPS) is 15.7. The van der Waals surface area contributed by atoms with Crippen LogP contribution in [0, 0.1) is 13.8 Å². The maximum absolute atomic E-state index is 12.8. The van der Waals surface area contributed by atoms with Crippen molar-refractivity contribution in [2.75, 3.05) is 31.6 Å². The Morgan fingerprint density at radius 1 is 1.16 bits per heavy atom. The smallest absolute Gasteiger partial charge is 0.387 e. The Balaban J connectivity index is 1.73. The minimum atomic E-state index is -2.86. The van der Waals surface area contributed by atoms with Gasteiger partial charge in [0.2, 0.25) is 0 Å². The third kappa shape index (κ3) is 5.01. The fourth-order valence-electron chi connectivity index (χ4n) is 3.87. The van der Waals surface area contributed by atoms with Crippen LogP contribution in [0.5, 0.6) is 5.75 Å². The van der Waals surface area contributed by atoms with Crippen molar-refractivity contribution in [3.8, 4) is 5.75 Å². The molecule has 0 saturated carbocycles. The number of hydrogen-bond acceptors (Lipinski definition) is 6.